The van der Waals surface area contributed by atoms with Gasteiger partial charge < -0.3 is 0 Å². The first-order chi connectivity index (χ1) is 9.32. The highest BCUT2D eigenvalue weighted by molar-refractivity contribution is 9.09. The fourth-order valence-corrected chi connectivity index (χ4v) is 3.71. The Kier molecular flexibility index (Phi) is 4.61. The minimum Gasteiger partial charge on any atom is -0.0841 e. The van der Waals surface area contributed by atoms with Gasteiger partial charge in [-0.2, -0.15) is 0 Å². The van der Waals surface area contributed by atoms with Gasteiger partial charge in [0.25, 0.3) is 0 Å². The molecule has 1 atom stereocenters. The Morgan fingerprint density at radius 2 is 1.40 bits per heavy atom. The lowest BCUT2D eigenvalue weighted by Crippen LogP contribution is -2.03. The van der Waals surface area contributed by atoms with Crippen LogP contribution in [0, 0.1) is 34.6 Å². The van der Waals surface area contributed by atoms with Gasteiger partial charge in [-0.3, -0.25) is 0 Å². The highest BCUT2D eigenvalue weighted by atomic mass is 79.9. The van der Waals surface area contributed by atoms with E-state index in [1.165, 1.54) is 33.4 Å². The Balaban J connectivity index is 2.58. The van der Waals surface area contributed by atoms with E-state index in [0.29, 0.717) is 0 Å². The largest absolute Gasteiger partial charge is 0.0841 e. The van der Waals surface area contributed by atoms with Crippen molar-refractivity contribution in [2.24, 2.45) is 0 Å². The van der Waals surface area contributed by atoms with Crippen LogP contribution in [0.2, 0.25) is 5.02 Å². The van der Waals surface area contributed by atoms with E-state index in [1.807, 2.05) is 13.0 Å². The second-order valence-electron chi connectivity index (χ2n) is 5.55. The summed E-state index contributed by atoms with van der Waals surface area (Å²) in [5, 5.41) is 0.822. The van der Waals surface area contributed by atoms with Crippen molar-refractivity contribution >= 4 is 27.5 Å². The van der Waals surface area contributed by atoms with Gasteiger partial charge in [0.15, 0.2) is 0 Å². The smallest absolute Gasteiger partial charge is 0.0650 e. The number of aryl methyl sites for hydroxylation is 3. The summed E-state index contributed by atoms with van der Waals surface area (Å²) in [5.74, 6) is 0. The molecular formula is C18H20BrCl. The Morgan fingerprint density at radius 3 is 1.90 bits per heavy atom. The Hall–Kier alpha value is -0.790. The van der Waals surface area contributed by atoms with Gasteiger partial charge >= 0.3 is 0 Å². The third-order valence-electron chi connectivity index (χ3n) is 4.15. The van der Waals surface area contributed by atoms with Crippen molar-refractivity contribution in [1.82, 2.24) is 0 Å². The molecule has 2 rings (SSSR count). The van der Waals surface area contributed by atoms with E-state index in [1.54, 1.807) is 0 Å². The van der Waals surface area contributed by atoms with Crippen LogP contribution in [-0.4, -0.2) is 0 Å². The van der Waals surface area contributed by atoms with Gasteiger partial charge in [-0.1, -0.05) is 45.7 Å². The Bertz CT molecular complexity index is 633. The van der Waals surface area contributed by atoms with Crippen molar-refractivity contribution in [3.63, 3.8) is 0 Å². The molecule has 0 fully saturated rings. The summed E-state index contributed by atoms with van der Waals surface area (Å²) in [7, 11) is 0. The number of hydrogen-bond acceptors (Lipinski definition) is 0. The number of rotatable bonds is 2. The van der Waals surface area contributed by atoms with E-state index >= 15 is 0 Å². The fraction of sp³-hybridized carbons (Fsp3) is 0.333. The number of halogens is 2. The van der Waals surface area contributed by atoms with Gasteiger partial charge in [0.05, 0.1) is 4.83 Å². The molecular weight excluding hydrogens is 332 g/mol. The van der Waals surface area contributed by atoms with Crippen molar-refractivity contribution in [3.8, 4) is 0 Å². The highest BCUT2D eigenvalue weighted by Crippen LogP contribution is 2.38. The molecule has 0 aromatic heterocycles. The van der Waals surface area contributed by atoms with Gasteiger partial charge in [-0.25, -0.2) is 0 Å². The van der Waals surface area contributed by atoms with E-state index in [4.69, 9.17) is 11.6 Å². The number of hydrogen-bond donors (Lipinski definition) is 0. The van der Waals surface area contributed by atoms with Crippen LogP contribution in [0.5, 0.6) is 0 Å². The van der Waals surface area contributed by atoms with Crippen LogP contribution < -0.4 is 0 Å². The molecule has 20 heavy (non-hydrogen) atoms. The second-order valence-corrected chi connectivity index (χ2v) is 6.87. The van der Waals surface area contributed by atoms with E-state index in [2.05, 4.69) is 61.8 Å². The lowest BCUT2D eigenvalue weighted by Gasteiger charge is -2.21. The zero-order valence-electron chi connectivity index (χ0n) is 12.6. The third kappa shape index (κ3) is 2.80. The van der Waals surface area contributed by atoms with Gasteiger partial charge in [0.2, 0.25) is 0 Å². The van der Waals surface area contributed by atoms with Crippen LogP contribution in [0.4, 0.5) is 0 Å². The quantitative estimate of drug-likeness (QED) is 0.552. The molecule has 1 unspecified atom stereocenters. The summed E-state index contributed by atoms with van der Waals surface area (Å²) in [6.07, 6.45) is 0. The average Bonchev–Trinajstić information content (AvgIpc) is 2.40. The predicted molar refractivity (Wildman–Crippen MR) is 92.3 cm³/mol. The molecule has 0 aliphatic rings. The van der Waals surface area contributed by atoms with E-state index < -0.39 is 0 Å². The van der Waals surface area contributed by atoms with Crippen LogP contribution in [-0.2, 0) is 0 Å². The molecule has 0 heterocycles. The topological polar surface area (TPSA) is 0 Å². The minimum atomic E-state index is 0.206. The molecule has 2 aromatic rings. The zero-order chi connectivity index (χ0) is 15.0. The zero-order valence-corrected chi connectivity index (χ0v) is 15.0. The molecule has 0 amide bonds. The van der Waals surface area contributed by atoms with Gasteiger partial charge in [-0.05, 0) is 79.6 Å². The minimum absolute atomic E-state index is 0.206. The standard InChI is InChI=1S/C18H20BrCl/c1-10-8-11(2)14(5)17(13(10)4)18(19)15-6-7-16(20)12(3)9-15/h6-9,18H,1-5H3. The summed E-state index contributed by atoms with van der Waals surface area (Å²) >= 11 is 10.0. The summed E-state index contributed by atoms with van der Waals surface area (Å²) in [4.78, 5) is 0.206. The van der Waals surface area contributed by atoms with Gasteiger partial charge in [0, 0.05) is 5.02 Å². The van der Waals surface area contributed by atoms with Crippen molar-refractivity contribution in [3.05, 3.63) is 68.2 Å². The van der Waals surface area contributed by atoms with Crippen LogP contribution >= 0.6 is 27.5 Å². The van der Waals surface area contributed by atoms with Crippen molar-refractivity contribution in [2.75, 3.05) is 0 Å². The van der Waals surface area contributed by atoms with Crippen LogP contribution in [0.1, 0.15) is 43.8 Å². The molecule has 0 spiro atoms. The molecule has 0 aliphatic carbocycles. The highest BCUT2D eigenvalue weighted by Gasteiger charge is 2.18. The third-order valence-corrected chi connectivity index (χ3v) is 5.56. The second kappa shape index (κ2) is 5.91. The maximum absolute atomic E-state index is 6.13. The first-order valence-electron chi connectivity index (χ1n) is 6.80. The summed E-state index contributed by atoms with van der Waals surface area (Å²) in [6.45, 7) is 10.8. The Morgan fingerprint density at radius 1 is 0.850 bits per heavy atom. The normalized spacial score (nSPS) is 12.6. The summed E-state index contributed by atoms with van der Waals surface area (Å²) in [6, 6.07) is 8.51. The SMILES string of the molecule is Cc1cc(C(Br)c2c(C)c(C)cc(C)c2C)ccc1Cl. The lowest BCUT2D eigenvalue weighted by molar-refractivity contribution is 1.07. The summed E-state index contributed by atoms with van der Waals surface area (Å²) < 4.78 is 0. The fourth-order valence-electron chi connectivity index (χ4n) is 2.62. The van der Waals surface area contributed by atoms with Crippen LogP contribution in [0.25, 0.3) is 0 Å². The monoisotopic (exact) mass is 350 g/mol. The molecule has 0 N–H and O–H groups in total. The van der Waals surface area contributed by atoms with Crippen molar-refractivity contribution < 1.29 is 0 Å². The molecule has 0 radical (unpaired) electrons. The molecule has 0 saturated heterocycles. The molecule has 0 nitrogen and oxygen atoms in total. The molecule has 0 saturated carbocycles. The molecule has 2 heteroatoms. The molecule has 106 valence electrons. The first kappa shape index (κ1) is 15.6. The predicted octanol–water partition coefficient (Wildman–Crippen LogP) is 6.37. The van der Waals surface area contributed by atoms with Gasteiger partial charge in [0.1, 0.15) is 0 Å². The number of alkyl halides is 1. The number of benzene rings is 2. The summed E-state index contributed by atoms with van der Waals surface area (Å²) in [5.41, 5.74) is 9.17. The van der Waals surface area contributed by atoms with Crippen molar-refractivity contribution in [1.29, 1.82) is 0 Å². The van der Waals surface area contributed by atoms with Crippen LogP contribution in [0.15, 0.2) is 24.3 Å². The molecule has 0 aliphatic heterocycles. The van der Waals surface area contributed by atoms with E-state index in [-0.39, 0.29) is 4.83 Å². The van der Waals surface area contributed by atoms with Gasteiger partial charge in [-0.15, -0.1) is 0 Å². The van der Waals surface area contributed by atoms with E-state index in [9.17, 15) is 0 Å². The molecule has 0 bridgehead atoms. The average molecular weight is 352 g/mol. The van der Waals surface area contributed by atoms with Crippen molar-refractivity contribution in [2.45, 2.75) is 39.4 Å². The van der Waals surface area contributed by atoms with Crippen LogP contribution in [0.3, 0.4) is 0 Å². The first-order valence-corrected chi connectivity index (χ1v) is 8.09. The maximum atomic E-state index is 6.13. The lowest BCUT2D eigenvalue weighted by atomic mass is 9.90. The molecule has 2 aromatic carbocycles. The Labute approximate surface area is 135 Å². The van der Waals surface area contributed by atoms with E-state index in [0.717, 1.165) is 10.6 Å². The maximum Gasteiger partial charge on any atom is 0.0650 e.